The van der Waals surface area contributed by atoms with Gasteiger partial charge in [-0.3, -0.25) is 14.8 Å². The molecule has 158 valence electrons. The Morgan fingerprint density at radius 2 is 1.97 bits per heavy atom. The summed E-state index contributed by atoms with van der Waals surface area (Å²) < 4.78 is 16.7. The summed E-state index contributed by atoms with van der Waals surface area (Å²) >= 11 is 0. The average Bonchev–Trinajstić information content (AvgIpc) is 2.74. The Balaban J connectivity index is 1.51. The number of rotatable bonds is 10. The second-order valence-electron chi connectivity index (χ2n) is 7.40. The molecule has 1 aromatic heterocycles. The lowest BCUT2D eigenvalue weighted by atomic mass is 10.1. The number of nitrogens with zero attached hydrogens (tertiary/aromatic N) is 3. The molecule has 7 nitrogen and oxygen atoms in total. The number of aliphatic hydroxyl groups is 1. The molecular weight excluding hydrogens is 370 g/mol. The van der Waals surface area contributed by atoms with Gasteiger partial charge in [-0.25, -0.2) is 0 Å². The van der Waals surface area contributed by atoms with Gasteiger partial charge in [-0.05, 0) is 36.4 Å². The number of aromatic nitrogens is 1. The van der Waals surface area contributed by atoms with Gasteiger partial charge in [-0.2, -0.15) is 0 Å². The molecule has 0 spiro atoms. The van der Waals surface area contributed by atoms with Crippen LogP contribution in [-0.2, 0) is 17.8 Å². The number of benzene rings is 1. The fourth-order valence-electron chi connectivity index (χ4n) is 3.42. The monoisotopic (exact) mass is 401 g/mol. The van der Waals surface area contributed by atoms with E-state index >= 15 is 0 Å². The Kier molecular flexibility index (Phi) is 8.25. The number of aliphatic hydroxyl groups excluding tert-OH is 1. The molecule has 7 heteroatoms. The summed E-state index contributed by atoms with van der Waals surface area (Å²) in [4.78, 5) is 8.57. The maximum atomic E-state index is 10.3. The summed E-state index contributed by atoms with van der Waals surface area (Å²) in [5, 5.41) is 10.3. The number of hydrogen-bond donors (Lipinski definition) is 1. The van der Waals surface area contributed by atoms with Gasteiger partial charge in [0.25, 0.3) is 0 Å². The highest BCUT2D eigenvalue weighted by molar-refractivity contribution is 5.43. The first kappa shape index (κ1) is 21.5. The van der Waals surface area contributed by atoms with Crippen LogP contribution >= 0.6 is 0 Å². The molecule has 1 aliphatic heterocycles. The largest absolute Gasteiger partial charge is 0.493 e. The van der Waals surface area contributed by atoms with Crippen molar-refractivity contribution in [2.75, 3.05) is 53.6 Å². The molecule has 2 heterocycles. The van der Waals surface area contributed by atoms with Crippen LogP contribution in [0, 0.1) is 0 Å². The Hall–Kier alpha value is -2.19. The maximum Gasteiger partial charge on any atom is 0.161 e. The fraction of sp³-hybridized carbons (Fsp3) is 0.500. The summed E-state index contributed by atoms with van der Waals surface area (Å²) in [6, 6.07) is 9.96. The Labute approximate surface area is 172 Å². The van der Waals surface area contributed by atoms with Gasteiger partial charge in [0, 0.05) is 45.1 Å². The molecule has 1 aromatic carbocycles. The molecule has 2 aromatic rings. The number of hydrogen-bond acceptors (Lipinski definition) is 7. The molecule has 1 atom stereocenters. The zero-order chi connectivity index (χ0) is 20.5. The van der Waals surface area contributed by atoms with Crippen molar-refractivity contribution >= 4 is 0 Å². The molecule has 3 rings (SSSR count). The molecule has 0 amide bonds. The lowest BCUT2D eigenvalue weighted by Gasteiger charge is -2.28. The molecule has 0 bridgehead atoms. The van der Waals surface area contributed by atoms with Gasteiger partial charge >= 0.3 is 0 Å². The number of ether oxygens (including phenoxy) is 3. The second-order valence-corrected chi connectivity index (χ2v) is 7.40. The fourth-order valence-corrected chi connectivity index (χ4v) is 3.42. The first-order valence-corrected chi connectivity index (χ1v) is 9.99. The van der Waals surface area contributed by atoms with E-state index < -0.39 is 6.10 Å². The van der Waals surface area contributed by atoms with Crippen molar-refractivity contribution in [2.45, 2.75) is 19.2 Å². The van der Waals surface area contributed by atoms with Crippen molar-refractivity contribution in [3.8, 4) is 11.5 Å². The second kappa shape index (κ2) is 11.1. The Bertz CT molecular complexity index is 738. The van der Waals surface area contributed by atoms with Crippen molar-refractivity contribution in [1.82, 2.24) is 14.8 Å². The lowest BCUT2D eigenvalue weighted by Crippen LogP contribution is -2.42. The van der Waals surface area contributed by atoms with Crippen molar-refractivity contribution in [1.29, 1.82) is 0 Å². The highest BCUT2D eigenvalue weighted by Crippen LogP contribution is 2.28. The van der Waals surface area contributed by atoms with Gasteiger partial charge in [0.2, 0.25) is 0 Å². The molecule has 0 saturated carbocycles. The predicted octanol–water partition coefficient (Wildman–Crippen LogP) is 1.79. The van der Waals surface area contributed by atoms with Crippen LogP contribution in [0.2, 0.25) is 0 Å². The summed E-state index contributed by atoms with van der Waals surface area (Å²) in [6.45, 7) is 5.56. The maximum absolute atomic E-state index is 10.3. The third-order valence-electron chi connectivity index (χ3n) is 4.86. The third kappa shape index (κ3) is 6.97. The van der Waals surface area contributed by atoms with E-state index in [-0.39, 0.29) is 6.61 Å². The standard InChI is InChI=1S/C22H31N3O4/c1-24(15-19-4-3-7-23-13-19)14-18-5-6-21(22(12-18)27-2)29-17-20(26)16-25-8-10-28-11-9-25/h3-7,12-13,20,26H,8-11,14-17H2,1-2H3. The smallest absolute Gasteiger partial charge is 0.161 e. The molecule has 1 aliphatic rings. The van der Waals surface area contributed by atoms with Crippen molar-refractivity contribution in [3.63, 3.8) is 0 Å². The number of morpholine rings is 1. The van der Waals surface area contributed by atoms with Crippen LogP contribution < -0.4 is 9.47 Å². The van der Waals surface area contributed by atoms with Crippen molar-refractivity contribution < 1.29 is 19.3 Å². The molecular formula is C22H31N3O4. The van der Waals surface area contributed by atoms with E-state index in [9.17, 15) is 5.11 Å². The highest BCUT2D eigenvalue weighted by atomic mass is 16.5. The van der Waals surface area contributed by atoms with E-state index in [1.165, 1.54) is 5.56 Å². The summed E-state index contributed by atoms with van der Waals surface area (Å²) in [6.07, 6.45) is 3.12. The molecule has 29 heavy (non-hydrogen) atoms. The van der Waals surface area contributed by atoms with Gasteiger partial charge in [0.05, 0.1) is 20.3 Å². The SMILES string of the molecule is COc1cc(CN(C)Cc2cccnc2)ccc1OCC(O)CN1CCOCC1. The van der Waals surface area contributed by atoms with Crippen LogP contribution in [0.1, 0.15) is 11.1 Å². The van der Waals surface area contributed by atoms with Crippen LogP contribution in [0.15, 0.2) is 42.7 Å². The predicted molar refractivity (Wildman–Crippen MR) is 111 cm³/mol. The summed E-state index contributed by atoms with van der Waals surface area (Å²) in [5.74, 6) is 1.32. The van der Waals surface area contributed by atoms with E-state index in [0.29, 0.717) is 18.0 Å². The zero-order valence-electron chi connectivity index (χ0n) is 17.3. The van der Waals surface area contributed by atoms with Crippen LogP contribution in [-0.4, -0.2) is 79.6 Å². The lowest BCUT2D eigenvalue weighted by molar-refractivity contribution is 0.00445. The normalized spacial score (nSPS) is 16.0. The first-order valence-electron chi connectivity index (χ1n) is 9.99. The van der Waals surface area contributed by atoms with Crippen LogP contribution in [0.25, 0.3) is 0 Å². The van der Waals surface area contributed by atoms with E-state index in [2.05, 4.69) is 27.9 Å². The van der Waals surface area contributed by atoms with Crippen molar-refractivity contribution in [3.05, 3.63) is 53.9 Å². The van der Waals surface area contributed by atoms with E-state index in [4.69, 9.17) is 14.2 Å². The topological polar surface area (TPSA) is 67.3 Å². The number of methoxy groups -OCH3 is 1. The number of β-amino-alcohol motifs (C(OH)–C–C–N with tert-alkyl or cyclic N) is 1. The summed E-state index contributed by atoms with van der Waals surface area (Å²) in [5.41, 5.74) is 2.31. The zero-order valence-corrected chi connectivity index (χ0v) is 17.3. The highest BCUT2D eigenvalue weighted by Gasteiger charge is 2.16. The van der Waals surface area contributed by atoms with Crippen LogP contribution in [0.3, 0.4) is 0 Å². The quantitative estimate of drug-likeness (QED) is 0.651. The van der Waals surface area contributed by atoms with E-state index in [1.807, 2.05) is 30.5 Å². The molecule has 1 unspecified atom stereocenters. The van der Waals surface area contributed by atoms with Gasteiger partial charge in [0.1, 0.15) is 12.7 Å². The molecule has 0 aliphatic carbocycles. The number of pyridine rings is 1. The Morgan fingerprint density at radius 3 is 2.69 bits per heavy atom. The van der Waals surface area contributed by atoms with Gasteiger partial charge < -0.3 is 19.3 Å². The van der Waals surface area contributed by atoms with E-state index in [0.717, 1.165) is 45.0 Å². The van der Waals surface area contributed by atoms with Crippen molar-refractivity contribution in [2.24, 2.45) is 0 Å². The molecule has 1 fully saturated rings. The Morgan fingerprint density at radius 1 is 1.17 bits per heavy atom. The minimum Gasteiger partial charge on any atom is -0.493 e. The van der Waals surface area contributed by atoms with E-state index in [1.54, 1.807) is 13.3 Å². The minimum atomic E-state index is -0.553. The van der Waals surface area contributed by atoms with Gasteiger partial charge in [-0.1, -0.05) is 12.1 Å². The third-order valence-corrected chi connectivity index (χ3v) is 4.86. The molecule has 0 radical (unpaired) electrons. The summed E-state index contributed by atoms with van der Waals surface area (Å²) in [7, 11) is 3.71. The van der Waals surface area contributed by atoms with Gasteiger partial charge in [-0.15, -0.1) is 0 Å². The van der Waals surface area contributed by atoms with Crippen LogP contribution in [0.5, 0.6) is 11.5 Å². The molecule has 1 saturated heterocycles. The average molecular weight is 402 g/mol. The molecule has 1 N–H and O–H groups in total. The van der Waals surface area contributed by atoms with Gasteiger partial charge in [0.15, 0.2) is 11.5 Å². The minimum absolute atomic E-state index is 0.230. The van der Waals surface area contributed by atoms with Crippen LogP contribution in [0.4, 0.5) is 0 Å². The first-order chi connectivity index (χ1) is 14.1.